The summed E-state index contributed by atoms with van der Waals surface area (Å²) in [6.45, 7) is 0. The van der Waals surface area contributed by atoms with Crippen LogP contribution in [0.3, 0.4) is 0 Å². The molecule has 4 heteroatoms. The van der Waals surface area contributed by atoms with Crippen molar-refractivity contribution in [3.05, 3.63) is 53.6 Å². The molecule has 0 amide bonds. The van der Waals surface area contributed by atoms with Gasteiger partial charge >= 0.3 is 0 Å². The number of nitrogens with two attached hydrogens (primary N) is 1. The third kappa shape index (κ3) is 2.20. The van der Waals surface area contributed by atoms with E-state index in [1.54, 1.807) is 25.3 Å². The van der Waals surface area contributed by atoms with Crippen LogP contribution in [0.5, 0.6) is 11.5 Å². The Balaban J connectivity index is 1.94. The van der Waals surface area contributed by atoms with Gasteiger partial charge in [0.2, 0.25) is 0 Å². The number of anilines is 1. The van der Waals surface area contributed by atoms with Crippen LogP contribution in [0.25, 0.3) is 0 Å². The molecule has 0 radical (unpaired) electrons. The van der Waals surface area contributed by atoms with Crippen molar-refractivity contribution in [2.45, 2.75) is 12.5 Å². The van der Waals surface area contributed by atoms with Gasteiger partial charge < -0.3 is 15.2 Å². The van der Waals surface area contributed by atoms with E-state index in [1.165, 1.54) is 0 Å². The summed E-state index contributed by atoms with van der Waals surface area (Å²) >= 11 is 0. The molecule has 102 valence electrons. The summed E-state index contributed by atoms with van der Waals surface area (Å²) in [5, 5.41) is 0. The van der Waals surface area contributed by atoms with E-state index in [2.05, 4.69) is 0 Å². The molecule has 3 rings (SSSR count). The van der Waals surface area contributed by atoms with Crippen LogP contribution in [0.4, 0.5) is 5.69 Å². The predicted octanol–water partition coefficient (Wildman–Crippen LogP) is 2.98. The van der Waals surface area contributed by atoms with Gasteiger partial charge in [0.1, 0.15) is 17.6 Å². The zero-order valence-electron chi connectivity index (χ0n) is 11.1. The number of nitrogen functional groups attached to an aromatic ring is 1. The highest BCUT2D eigenvalue weighted by molar-refractivity contribution is 6.00. The smallest absolute Gasteiger partial charge is 0.170 e. The minimum Gasteiger partial charge on any atom is -0.497 e. The Hall–Kier alpha value is -2.49. The number of benzene rings is 2. The molecule has 0 saturated heterocycles. The standard InChI is InChI=1S/C16H15NO3/c1-19-12-4-2-3-10(7-12)16-9-14(18)13-8-11(17)5-6-15(13)20-16/h2-8,16H,9,17H2,1H3. The van der Waals surface area contributed by atoms with E-state index in [-0.39, 0.29) is 11.9 Å². The Morgan fingerprint density at radius 3 is 2.90 bits per heavy atom. The highest BCUT2D eigenvalue weighted by Crippen LogP contribution is 2.36. The molecule has 4 nitrogen and oxygen atoms in total. The van der Waals surface area contributed by atoms with E-state index in [9.17, 15) is 4.79 Å². The summed E-state index contributed by atoms with van der Waals surface area (Å²) < 4.78 is 11.1. The molecule has 2 N–H and O–H groups in total. The molecule has 1 aliphatic heterocycles. The van der Waals surface area contributed by atoms with E-state index < -0.39 is 0 Å². The predicted molar refractivity (Wildman–Crippen MR) is 76.2 cm³/mol. The van der Waals surface area contributed by atoms with Crippen LogP contribution >= 0.6 is 0 Å². The maximum absolute atomic E-state index is 12.2. The van der Waals surface area contributed by atoms with E-state index in [0.717, 1.165) is 11.3 Å². The lowest BCUT2D eigenvalue weighted by Crippen LogP contribution is -2.20. The number of hydrogen-bond acceptors (Lipinski definition) is 4. The fraction of sp³-hybridized carbons (Fsp3) is 0.188. The normalized spacial score (nSPS) is 17.2. The molecule has 1 heterocycles. The van der Waals surface area contributed by atoms with Crippen molar-refractivity contribution in [1.29, 1.82) is 0 Å². The summed E-state index contributed by atoms with van der Waals surface area (Å²) in [6.07, 6.45) is 0.0256. The third-order valence-electron chi connectivity index (χ3n) is 3.41. The van der Waals surface area contributed by atoms with Gasteiger partial charge in [-0.2, -0.15) is 0 Å². The second kappa shape index (κ2) is 4.89. The average Bonchev–Trinajstić information content (AvgIpc) is 2.48. The van der Waals surface area contributed by atoms with Crippen LogP contribution in [0.1, 0.15) is 28.4 Å². The molecule has 2 aromatic rings. The van der Waals surface area contributed by atoms with Gasteiger partial charge in [-0.15, -0.1) is 0 Å². The number of ketones is 1. The molecule has 20 heavy (non-hydrogen) atoms. The molecule has 1 unspecified atom stereocenters. The van der Waals surface area contributed by atoms with E-state index in [4.69, 9.17) is 15.2 Å². The quantitative estimate of drug-likeness (QED) is 0.851. The Morgan fingerprint density at radius 1 is 1.25 bits per heavy atom. The van der Waals surface area contributed by atoms with Crippen LogP contribution in [0, 0.1) is 0 Å². The molecular formula is C16H15NO3. The van der Waals surface area contributed by atoms with Gasteiger partial charge in [-0.1, -0.05) is 12.1 Å². The molecule has 0 aromatic heterocycles. The maximum atomic E-state index is 12.2. The van der Waals surface area contributed by atoms with Crippen molar-refractivity contribution in [3.63, 3.8) is 0 Å². The monoisotopic (exact) mass is 269 g/mol. The number of hydrogen-bond donors (Lipinski definition) is 1. The van der Waals surface area contributed by atoms with Gasteiger partial charge in [0.15, 0.2) is 5.78 Å². The number of fused-ring (bicyclic) bond motifs is 1. The number of Topliss-reactive ketones (excluding diaryl/α,β-unsaturated/α-hetero) is 1. The van der Waals surface area contributed by atoms with Crippen molar-refractivity contribution in [2.75, 3.05) is 12.8 Å². The van der Waals surface area contributed by atoms with Crippen LogP contribution in [-0.2, 0) is 0 Å². The van der Waals surface area contributed by atoms with E-state index >= 15 is 0 Å². The highest BCUT2D eigenvalue weighted by atomic mass is 16.5. The third-order valence-corrected chi connectivity index (χ3v) is 3.41. The lowest BCUT2D eigenvalue weighted by atomic mass is 9.96. The molecule has 0 aliphatic carbocycles. The molecule has 0 saturated carbocycles. The lowest BCUT2D eigenvalue weighted by Gasteiger charge is -2.25. The Kier molecular flexibility index (Phi) is 3.06. The molecule has 0 bridgehead atoms. The van der Waals surface area contributed by atoms with Crippen molar-refractivity contribution in [1.82, 2.24) is 0 Å². The molecule has 1 aliphatic rings. The number of carbonyl (C=O) groups excluding carboxylic acids is 1. The Labute approximate surface area is 117 Å². The van der Waals surface area contributed by atoms with Crippen LogP contribution in [0.15, 0.2) is 42.5 Å². The zero-order chi connectivity index (χ0) is 14.1. The van der Waals surface area contributed by atoms with Crippen molar-refractivity contribution < 1.29 is 14.3 Å². The zero-order valence-corrected chi connectivity index (χ0v) is 11.1. The van der Waals surface area contributed by atoms with E-state index in [1.807, 2.05) is 24.3 Å². The first kappa shape index (κ1) is 12.5. The van der Waals surface area contributed by atoms with Crippen molar-refractivity contribution in [2.24, 2.45) is 0 Å². The fourth-order valence-corrected chi connectivity index (χ4v) is 2.37. The summed E-state index contributed by atoms with van der Waals surface area (Å²) in [4.78, 5) is 12.2. The summed E-state index contributed by atoms with van der Waals surface area (Å²) in [7, 11) is 1.62. The largest absolute Gasteiger partial charge is 0.497 e. The van der Waals surface area contributed by atoms with Crippen molar-refractivity contribution >= 4 is 11.5 Å². The van der Waals surface area contributed by atoms with Gasteiger partial charge in [0.25, 0.3) is 0 Å². The maximum Gasteiger partial charge on any atom is 0.170 e. The van der Waals surface area contributed by atoms with Crippen molar-refractivity contribution in [3.8, 4) is 11.5 Å². The SMILES string of the molecule is COc1cccc(C2CC(=O)c3cc(N)ccc3O2)c1. The lowest BCUT2D eigenvalue weighted by molar-refractivity contribution is 0.0850. The first-order valence-electron chi connectivity index (χ1n) is 6.40. The van der Waals surface area contributed by atoms with Crippen LogP contribution < -0.4 is 15.2 Å². The summed E-state index contributed by atoms with van der Waals surface area (Å²) in [5.74, 6) is 1.39. The number of methoxy groups -OCH3 is 1. The fourth-order valence-electron chi connectivity index (χ4n) is 2.37. The second-order valence-corrected chi connectivity index (χ2v) is 4.77. The molecule has 1 atom stereocenters. The minimum absolute atomic E-state index is 0.0476. The van der Waals surface area contributed by atoms with Gasteiger partial charge in [0, 0.05) is 5.69 Å². The van der Waals surface area contributed by atoms with Crippen LogP contribution in [0.2, 0.25) is 0 Å². The molecule has 0 spiro atoms. The topological polar surface area (TPSA) is 61.5 Å². The minimum atomic E-state index is -0.284. The summed E-state index contributed by atoms with van der Waals surface area (Å²) in [5.41, 5.74) is 7.76. The van der Waals surface area contributed by atoms with E-state index in [0.29, 0.717) is 23.4 Å². The summed E-state index contributed by atoms with van der Waals surface area (Å²) in [6, 6.07) is 12.7. The van der Waals surface area contributed by atoms with Gasteiger partial charge in [-0.05, 0) is 35.9 Å². The van der Waals surface area contributed by atoms with Crippen LogP contribution in [-0.4, -0.2) is 12.9 Å². The molecular weight excluding hydrogens is 254 g/mol. The number of carbonyl (C=O) groups is 1. The molecule has 0 fully saturated rings. The Morgan fingerprint density at radius 2 is 2.10 bits per heavy atom. The second-order valence-electron chi connectivity index (χ2n) is 4.77. The average molecular weight is 269 g/mol. The Bertz CT molecular complexity index is 667. The van der Waals surface area contributed by atoms with Gasteiger partial charge in [-0.3, -0.25) is 4.79 Å². The highest BCUT2D eigenvalue weighted by Gasteiger charge is 2.27. The number of rotatable bonds is 2. The number of ether oxygens (including phenoxy) is 2. The molecule has 2 aromatic carbocycles. The first-order chi connectivity index (χ1) is 9.67. The van der Waals surface area contributed by atoms with Gasteiger partial charge in [-0.25, -0.2) is 0 Å². The first-order valence-corrected chi connectivity index (χ1v) is 6.40. The van der Waals surface area contributed by atoms with Gasteiger partial charge in [0.05, 0.1) is 19.1 Å².